The number of aromatic nitrogens is 7. The maximum atomic E-state index is 5.24. The molecule has 0 saturated heterocycles. The maximum absolute atomic E-state index is 5.24. The average molecular weight is 423 g/mol. The number of nitrogens with one attached hydrogen (secondary N) is 1. The smallest absolute Gasteiger partial charge is 0.185 e. The number of fused-ring (bicyclic) bond motifs is 1. The van der Waals surface area contributed by atoms with E-state index in [9.17, 15) is 0 Å². The minimum atomic E-state index is -0.251. The average Bonchev–Trinajstić information content (AvgIpc) is 3.39. The summed E-state index contributed by atoms with van der Waals surface area (Å²) in [5.41, 5.74) is 2.55. The molecule has 4 aromatic heterocycles. The lowest BCUT2D eigenvalue weighted by Crippen LogP contribution is -2.12. The van der Waals surface area contributed by atoms with Gasteiger partial charge in [-0.05, 0) is 26.0 Å². The van der Waals surface area contributed by atoms with Crippen molar-refractivity contribution in [3.8, 4) is 5.82 Å². The van der Waals surface area contributed by atoms with E-state index in [-0.39, 0.29) is 12.0 Å². The van der Waals surface area contributed by atoms with Crippen molar-refractivity contribution in [2.24, 2.45) is 10.2 Å². The third-order valence-corrected chi connectivity index (χ3v) is 4.44. The monoisotopic (exact) mass is 423 g/mol. The molecule has 162 valence electrons. The van der Waals surface area contributed by atoms with Gasteiger partial charge in [0.1, 0.15) is 12.4 Å². The Labute approximate surface area is 179 Å². The molecule has 0 aliphatic heterocycles. The highest BCUT2D eigenvalue weighted by Gasteiger charge is 2.26. The van der Waals surface area contributed by atoms with Crippen molar-refractivity contribution in [2.45, 2.75) is 46.6 Å². The summed E-state index contributed by atoms with van der Waals surface area (Å²) in [5.74, 6) is 1.85. The minimum Gasteiger partial charge on any atom is -0.324 e. The number of aromatic amines is 1. The van der Waals surface area contributed by atoms with Crippen molar-refractivity contribution in [1.82, 2.24) is 34.6 Å². The van der Waals surface area contributed by atoms with E-state index in [4.69, 9.17) is 9.78 Å². The summed E-state index contributed by atoms with van der Waals surface area (Å²) < 4.78 is 3.17. The molecule has 4 aromatic rings. The van der Waals surface area contributed by atoms with Crippen LogP contribution in [0.1, 0.15) is 44.8 Å². The van der Waals surface area contributed by atoms with E-state index in [0.29, 0.717) is 35.1 Å². The molecule has 4 heterocycles. The number of hydrogen-bond acceptors (Lipinski definition) is 8. The Kier molecular flexibility index (Phi) is 5.61. The molecular formula is C20H25N9O2. The summed E-state index contributed by atoms with van der Waals surface area (Å²) >= 11 is 0. The molecule has 31 heavy (non-hydrogen) atoms. The van der Waals surface area contributed by atoms with Crippen molar-refractivity contribution in [3.05, 3.63) is 47.7 Å². The van der Waals surface area contributed by atoms with Crippen molar-refractivity contribution >= 4 is 17.2 Å². The zero-order chi connectivity index (χ0) is 22.0. The van der Waals surface area contributed by atoms with Gasteiger partial charge < -0.3 is 4.98 Å². The molecule has 0 unspecified atom stereocenters. The predicted octanol–water partition coefficient (Wildman–Crippen LogP) is 4.13. The van der Waals surface area contributed by atoms with Gasteiger partial charge >= 0.3 is 0 Å². The Morgan fingerprint density at radius 1 is 1.13 bits per heavy atom. The van der Waals surface area contributed by atoms with Gasteiger partial charge in [0, 0.05) is 17.2 Å². The summed E-state index contributed by atoms with van der Waals surface area (Å²) in [7, 11) is 0. The molecule has 11 heteroatoms. The summed E-state index contributed by atoms with van der Waals surface area (Å²) in [6.45, 7) is 10.5. The van der Waals surface area contributed by atoms with Gasteiger partial charge in [-0.2, -0.15) is 14.9 Å². The van der Waals surface area contributed by atoms with Gasteiger partial charge in [0.2, 0.25) is 0 Å². The second-order valence-electron chi connectivity index (χ2n) is 7.96. The van der Waals surface area contributed by atoms with E-state index in [1.807, 2.05) is 32.0 Å². The van der Waals surface area contributed by atoms with Gasteiger partial charge in [0.05, 0.1) is 18.5 Å². The second kappa shape index (κ2) is 8.36. The molecule has 1 N–H and O–H groups in total. The zero-order valence-electron chi connectivity index (χ0n) is 18.2. The zero-order valence-corrected chi connectivity index (χ0v) is 18.2. The molecule has 11 nitrogen and oxygen atoms in total. The van der Waals surface area contributed by atoms with Gasteiger partial charge in [-0.3, -0.25) is 0 Å². The number of azo groups is 1. The first kappa shape index (κ1) is 20.8. The van der Waals surface area contributed by atoms with Crippen LogP contribution in [0.25, 0.3) is 11.5 Å². The van der Waals surface area contributed by atoms with E-state index in [1.54, 1.807) is 21.7 Å². The third-order valence-electron chi connectivity index (χ3n) is 4.44. The standard InChI is InChI=1S/C20H25N9O2/c1-6-30-31-12-14-11-22-28(15-9-7-8-10-21-15)18(14)25-24-16-17(20(3,4)5)27-29-19(16)23-13(2)26-29/h7-11H,6,12H2,1-5H3,(H,23,26)/b25-24+. The SMILES string of the molecule is CCOOCc1cnn(-c2ccccn2)c1/N=N/c1c(C(C)(C)C)nn2nc(C)[nH]c12. The molecule has 0 bridgehead atoms. The molecule has 0 amide bonds. The first-order valence-corrected chi connectivity index (χ1v) is 9.99. The first-order chi connectivity index (χ1) is 14.9. The fourth-order valence-electron chi connectivity index (χ4n) is 3.04. The van der Waals surface area contributed by atoms with Crippen LogP contribution in [0.3, 0.4) is 0 Å². The van der Waals surface area contributed by atoms with Gasteiger partial charge in [-0.15, -0.1) is 20.0 Å². The normalized spacial score (nSPS) is 12.4. The van der Waals surface area contributed by atoms with E-state index in [1.165, 1.54) is 0 Å². The van der Waals surface area contributed by atoms with E-state index in [2.05, 4.69) is 56.3 Å². The summed E-state index contributed by atoms with van der Waals surface area (Å²) in [4.78, 5) is 17.8. The van der Waals surface area contributed by atoms with Gasteiger partial charge in [0.25, 0.3) is 0 Å². The molecule has 0 aromatic carbocycles. The number of pyridine rings is 1. The Hall–Kier alpha value is -3.44. The van der Waals surface area contributed by atoms with Crippen LogP contribution in [0.4, 0.5) is 11.5 Å². The second-order valence-corrected chi connectivity index (χ2v) is 7.96. The molecule has 0 aliphatic rings. The third kappa shape index (κ3) is 4.23. The van der Waals surface area contributed by atoms with Gasteiger partial charge in [0.15, 0.2) is 23.0 Å². The van der Waals surface area contributed by atoms with Crippen LogP contribution in [0.2, 0.25) is 0 Å². The summed E-state index contributed by atoms with van der Waals surface area (Å²) in [5, 5.41) is 22.5. The lowest BCUT2D eigenvalue weighted by Gasteiger charge is -2.15. The van der Waals surface area contributed by atoms with Crippen LogP contribution >= 0.6 is 0 Å². The fraction of sp³-hybridized carbons (Fsp3) is 0.400. The molecule has 0 fully saturated rings. The lowest BCUT2D eigenvalue weighted by atomic mass is 9.91. The lowest BCUT2D eigenvalue weighted by molar-refractivity contribution is -0.300. The van der Waals surface area contributed by atoms with Crippen molar-refractivity contribution in [1.29, 1.82) is 0 Å². The van der Waals surface area contributed by atoms with Crippen LogP contribution in [0, 0.1) is 6.92 Å². The molecule has 0 atom stereocenters. The topological polar surface area (TPSA) is 120 Å². The fourth-order valence-corrected chi connectivity index (χ4v) is 3.04. The Balaban J connectivity index is 1.80. The van der Waals surface area contributed by atoms with E-state index >= 15 is 0 Å². The van der Waals surface area contributed by atoms with Crippen LogP contribution in [0.5, 0.6) is 0 Å². The number of nitrogens with zero attached hydrogens (tertiary/aromatic N) is 8. The number of rotatable bonds is 7. The first-order valence-electron chi connectivity index (χ1n) is 9.99. The van der Waals surface area contributed by atoms with E-state index in [0.717, 1.165) is 11.5 Å². The Bertz CT molecular complexity index is 1200. The van der Waals surface area contributed by atoms with Crippen LogP contribution in [-0.4, -0.2) is 41.2 Å². The largest absolute Gasteiger partial charge is 0.324 e. The number of hydrogen-bond donors (Lipinski definition) is 1. The molecule has 0 spiro atoms. The number of H-pyrrole nitrogens is 1. The summed E-state index contributed by atoms with van der Waals surface area (Å²) in [6, 6.07) is 5.57. The van der Waals surface area contributed by atoms with E-state index < -0.39 is 0 Å². The van der Waals surface area contributed by atoms with Crippen molar-refractivity contribution in [2.75, 3.05) is 6.61 Å². The Morgan fingerprint density at radius 2 is 1.97 bits per heavy atom. The van der Waals surface area contributed by atoms with Gasteiger partial charge in [-0.1, -0.05) is 26.8 Å². The Morgan fingerprint density at radius 3 is 2.68 bits per heavy atom. The molecule has 4 rings (SSSR count). The maximum Gasteiger partial charge on any atom is 0.185 e. The van der Waals surface area contributed by atoms with Crippen molar-refractivity contribution in [3.63, 3.8) is 0 Å². The van der Waals surface area contributed by atoms with Crippen LogP contribution in [-0.2, 0) is 21.8 Å². The van der Waals surface area contributed by atoms with Crippen molar-refractivity contribution < 1.29 is 9.78 Å². The minimum absolute atomic E-state index is 0.174. The molecule has 0 saturated carbocycles. The quantitative estimate of drug-likeness (QED) is 0.207. The highest BCUT2D eigenvalue weighted by molar-refractivity contribution is 5.68. The predicted molar refractivity (Wildman–Crippen MR) is 113 cm³/mol. The molecule has 0 aliphatic carbocycles. The van der Waals surface area contributed by atoms with Crippen LogP contribution in [0.15, 0.2) is 40.8 Å². The summed E-state index contributed by atoms with van der Waals surface area (Å²) in [6.07, 6.45) is 3.36. The molecule has 0 radical (unpaired) electrons. The highest BCUT2D eigenvalue weighted by Crippen LogP contribution is 2.35. The van der Waals surface area contributed by atoms with Crippen LogP contribution < -0.4 is 0 Å². The molecular weight excluding hydrogens is 398 g/mol. The highest BCUT2D eigenvalue weighted by atomic mass is 17.2. The van der Waals surface area contributed by atoms with Gasteiger partial charge in [-0.25, -0.2) is 14.8 Å². The number of aryl methyl sites for hydroxylation is 1.